The third-order valence-corrected chi connectivity index (χ3v) is 6.87. The van der Waals surface area contributed by atoms with Gasteiger partial charge < -0.3 is 15.4 Å². The Morgan fingerprint density at radius 2 is 2.00 bits per heavy atom. The number of aryl methyl sites for hydroxylation is 1. The largest absolute Gasteiger partial charge is 0.485 e. The highest BCUT2D eigenvalue weighted by molar-refractivity contribution is 5.89. The first-order valence-electron chi connectivity index (χ1n) is 12.6. The molecule has 2 aliphatic rings. The van der Waals surface area contributed by atoms with Gasteiger partial charge in [-0.25, -0.2) is 4.79 Å². The molecule has 0 spiro atoms. The summed E-state index contributed by atoms with van der Waals surface area (Å²) >= 11 is 0. The summed E-state index contributed by atoms with van der Waals surface area (Å²) in [6.07, 6.45) is 2.35. The van der Waals surface area contributed by atoms with Gasteiger partial charge in [0.15, 0.2) is 11.2 Å². The maximum atomic E-state index is 13.9. The van der Waals surface area contributed by atoms with Crippen molar-refractivity contribution >= 4 is 28.5 Å². The second kappa shape index (κ2) is 9.56. The minimum Gasteiger partial charge on any atom is -0.485 e. The lowest BCUT2D eigenvalue weighted by atomic mass is 10.0. The summed E-state index contributed by atoms with van der Waals surface area (Å²) in [4.78, 5) is 39.0. The van der Waals surface area contributed by atoms with Crippen molar-refractivity contribution in [1.29, 1.82) is 0 Å². The van der Waals surface area contributed by atoms with Crippen molar-refractivity contribution in [2.75, 3.05) is 18.0 Å². The van der Waals surface area contributed by atoms with Gasteiger partial charge in [-0.3, -0.25) is 23.5 Å². The molecule has 2 N–H and O–H groups in total. The summed E-state index contributed by atoms with van der Waals surface area (Å²) in [5.74, 6) is 7.27. The zero-order valence-electron chi connectivity index (χ0n) is 21.8. The van der Waals surface area contributed by atoms with E-state index in [-0.39, 0.29) is 19.1 Å². The highest BCUT2D eigenvalue weighted by Crippen LogP contribution is 2.35. The van der Waals surface area contributed by atoms with Crippen molar-refractivity contribution < 1.29 is 4.74 Å². The van der Waals surface area contributed by atoms with E-state index in [1.54, 1.807) is 14.0 Å². The fourth-order valence-electron chi connectivity index (χ4n) is 5.19. The number of nitrogens with zero attached hydrogens (tertiary/aromatic N) is 6. The summed E-state index contributed by atoms with van der Waals surface area (Å²) in [7, 11) is 1.65. The van der Waals surface area contributed by atoms with Crippen LogP contribution < -0.4 is 26.6 Å². The number of fused-ring (bicyclic) bond motifs is 2. The number of aromatic nitrogens is 4. The van der Waals surface area contributed by atoms with Crippen LogP contribution in [0.5, 0.6) is 5.75 Å². The highest BCUT2D eigenvalue weighted by Gasteiger charge is 2.29. The molecule has 3 aromatic rings. The van der Waals surface area contributed by atoms with Crippen molar-refractivity contribution in [3.63, 3.8) is 0 Å². The molecule has 1 unspecified atom stereocenters. The van der Waals surface area contributed by atoms with E-state index < -0.39 is 16.9 Å². The van der Waals surface area contributed by atoms with Gasteiger partial charge in [0.05, 0.1) is 13.1 Å². The van der Waals surface area contributed by atoms with Crippen LogP contribution in [0, 0.1) is 11.8 Å². The van der Waals surface area contributed by atoms with Crippen LogP contribution >= 0.6 is 0 Å². The molecule has 1 fully saturated rings. The van der Waals surface area contributed by atoms with E-state index in [2.05, 4.69) is 16.7 Å². The van der Waals surface area contributed by atoms with Gasteiger partial charge in [0.1, 0.15) is 17.0 Å². The average molecular weight is 504 g/mol. The molecule has 194 valence electrons. The quantitative estimate of drug-likeness (QED) is 0.546. The molecule has 0 amide bonds. The SMILES string of the molecule is CC#CCn1c(N2CCCC(N)C2)nc2c1c(=O)n(CC1=Nc3ccccc3OC(C)(C)C1)c(=O)n2C. The second-order valence-electron chi connectivity index (χ2n) is 10.4. The lowest BCUT2D eigenvalue weighted by molar-refractivity contribution is 0.120. The first-order chi connectivity index (χ1) is 17.7. The molecule has 2 aliphatic heterocycles. The van der Waals surface area contributed by atoms with E-state index in [0.717, 1.165) is 19.4 Å². The first-order valence-corrected chi connectivity index (χ1v) is 12.6. The molecule has 10 heteroatoms. The van der Waals surface area contributed by atoms with E-state index >= 15 is 0 Å². The number of ether oxygens (including phenoxy) is 1. The Balaban J connectivity index is 1.66. The highest BCUT2D eigenvalue weighted by atomic mass is 16.5. The molecule has 0 saturated carbocycles. The van der Waals surface area contributed by atoms with Crippen molar-refractivity contribution in [2.45, 2.75) is 64.8 Å². The van der Waals surface area contributed by atoms with Crippen molar-refractivity contribution in [2.24, 2.45) is 17.8 Å². The minimum absolute atomic E-state index is 0.0291. The average Bonchev–Trinajstić information content (AvgIpc) is 3.18. The van der Waals surface area contributed by atoms with Gasteiger partial charge in [0.25, 0.3) is 5.56 Å². The van der Waals surface area contributed by atoms with Crippen LogP contribution in [-0.4, -0.2) is 49.1 Å². The Hall–Kier alpha value is -3.84. The Morgan fingerprint density at radius 1 is 1.22 bits per heavy atom. The molecule has 37 heavy (non-hydrogen) atoms. The molecule has 4 heterocycles. The topological polar surface area (TPSA) is 113 Å². The predicted molar refractivity (Wildman–Crippen MR) is 145 cm³/mol. The molecule has 0 radical (unpaired) electrons. The molecule has 1 aromatic carbocycles. The molecule has 0 bridgehead atoms. The Kier molecular flexibility index (Phi) is 6.42. The van der Waals surface area contributed by atoms with Gasteiger partial charge >= 0.3 is 5.69 Å². The number of aliphatic imine (C=N–C) groups is 1. The fraction of sp³-hybridized carbons (Fsp3) is 0.481. The van der Waals surface area contributed by atoms with Crippen molar-refractivity contribution in [1.82, 2.24) is 18.7 Å². The normalized spacial score (nSPS) is 18.9. The number of nitrogens with two attached hydrogens (primary N) is 1. The summed E-state index contributed by atoms with van der Waals surface area (Å²) in [5, 5.41) is 0. The molecule has 10 nitrogen and oxygen atoms in total. The van der Waals surface area contributed by atoms with Crippen LogP contribution in [0.15, 0.2) is 38.8 Å². The number of para-hydroxylation sites is 2. The maximum absolute atomic E-state index is 13.9. The van der Waals surface area contributed by atoms with Gasteiger partial charge in [-0.2, -0.15) is 4.98 Å². The van der Waals surface area contributed by atoms with Crippen LogP contribution in [0.3, 0.4) is 0 Å². The number of benzene rings is 1. The van der Waals surface area contributed by atoms with Crippen molar-refractivity contribution in [3.8, 4) is 17.6 Å². The molecule has 2 aromatic heterocycles. The second-order valence-corrected chi connectivity index (χ2v) is 10.4. The third-order valence-electron chi connectivity index (χ3n) is 6.87. The smallest absolute Gasteiger partial charge is 0.332 e. The van der Waals surface area contributed by atoms with E-state index in [1.807, 2.05) is 42.7 Å². The number of imidazole rings is 1. The van der Waals surface area contributed by atoms with Crippen LogP contribution in [0.25, 0.3) is 11.2 Å². The number of hydrogen-bond acceptors (Lipinski definition) is 7. The molecular weight excluding hydrogens is 470 g/mol. The summed E-state index contributed by atoms with van der Waals surface area (Å²) in [5.41, 5.74) is 6.90. The van der Waals surface area contributed by atoms with E-state index in [9.17, 15) is 9.59 Å². The molecule has 5 rings (SSSR count). The summed E-state index contributed by atoms with van der Waals surface area (Å²) in [6.45, 7) is 7.47. The number of rotatable bonds is 4. The lowest BCUT2D eigenvalue weighted by Gasteiger charge is -2.31. The maximum Gasteiger partial charge on any atom is 0.332 e. The molecule has 1 atom stereocenters. The van der Waals surface area contributed by atoms with Gasteiger partial charge in [0.2, 0.25) is 5.95 Å². The first kappa shape index (κ1) is 24.8. The molecular formula is C27H33N7O3. The van der Waals surface area contributed by atoms with Gasteiger partial charge in [-0.05, 0) is 45.7 Å². The fourth-order valence-corrected chi connectivity index (χ4v) is 5.19. The van der Waals surface area contributed by atoms with Crippen molar-refractivity contribution in [3.05, 3.63) is 45.1 Å². The Bertz CT molecular complexity index is 1560. The predicted octanol–water partition coefficient (Wildman–Crippen LogP) is 2.18. The van der Waals surface area contributed by atoms with Crippen LogP contribution in [0.1, 0.15) is 40.0 Å². The Morgan fingerprint density at radius 3 is 2.76 bits per heavy atom. The van der Waals surface area contributed by atoms with E-state index in [4.69, 9.17) is 20.4 Å². The van der Waals surface area contributed by atoms with E-state index in [1.165, 1.54) is 9.13 Å². The van der Waals surface area contributed by atoms with Gasteiger partial charge in [-0.15, -0.1) is 5.92 Å². The number of piperidine rings is 1. The van der Waals surface area contributed by atoms with Crippen LogP contribution in [0.2, 0.25) is 0 Å². The zero-order chi connectivity index (χ0) is 26.3. The Labute approximate surface area is 215 Å². The van der Waals surface area contributed by atoms with Crippen LogP contribution in [0.4, 0.5) is 11.6 Å². The standard InChI is InChI=1S/C27H33N7O3/c1-5-6-14-33-22-23(30-25(33)32-13-9-10-18(28)16-32)31(4)26(36)34(24(22)35)17-19-15-27(2,3)37-21-12-8-7-11-20(21)29-19/h7-8,11-12,18H,9-10,13-17,28H2,1-4H3. The number of anilines is 1. The monoisotopic (exact) mass is 503 g/mol. The third kappa shape index (κ3) is 4.67. The van der Waals surface area contributed by atoms with Gasteiger partial charge in [-0.1, -0.05) is 18.1 Å². The molecule has 1 saturated heterocycles. The summed E-state index contributed by atoms with van der Waals surface area (Å²) < 4.78 is 10.7. The zero-order valence-corrected chi connectivity index (χ0v) is 21.8. The molecule has 0 aliphatic carbocycles. The summed E-state index contributed by atoms with van der Waals surface area (Å²) in [6, 6.07) is 7.56. The van der Waals surface area contributed by atoms with E-state index in [0.29, 0.717) is 47.2 Å². The van der Waals surface area contributed by atoms with Gasteiger partial charge in [0, 0.05) is 38.3 Å². The lowest BCUT2D eigenvalue weighted by Crippen LogP contribution is -2.44. The van der Waals surface area contributed by atoms with Crippen LogP contribution in [-0.2, 0) is 20.1 Å². The minimum atomic E-state index is -0.553. The number of hydrogen-bond donors (Lipinski definition) is 1.